The number of halogens is 1. The number of hydrogen-bond donors (Lipinski definition) is 1. The van der Waals surface area contributed by atoms with Gasteiger partial charge in [-0.1, -0.05) is 28.1 Å². The second-order valence-corrected chi connectivity index (χ2v) is 4.93. The molecule has 0 heterocycles. The van der Waals surface area contributed by atoms with Crippen LogP contribution in [0.4, 0.5) is 0 Å². The molecule has 0 aliphatic carbocycles. The van der Waals surface area contributed by atoms with Crippen molar-refractivity contribution < 1.29 is 14.7 Å². The maximum Gasteiger partial charge on any atom is 0.331 e. The van der Waals surface area contributed by atoms with Crippen molar-refractivity contribution in [1.82, 2.24) is 4.90 Å². The van der Waals surface area contributed by atoms with Crippen LogP contribution in [-0.2, 0) is 9.59 Å². The summed E-state index contributed by atoms with van der Waals surface area (Å²) < 4.78 is 0.703. The van der Waals surface area contributed by atoms with Crippen LogP contribution in [0.15, 0.2) is 22.7 Å². The van der Waals surface area contributed by atoms with Gasteiger partial charge in [-0.15, -0.1) is 0 Å². The second kappa shape index (κ2) is 6.00. The second-order valence-electron chi connectivity index (χ2n) is 4.07. The average molecular weight is 314 g/mol. The zero-order valence-electron chi connectivity index (χ0n) is 10.6. The van der Waals surface area contributed by atoms with E-state index in [0.717, 1.165) is 5.56 Å². The van der Waals surface area contributed by atoms with E-state index in [1.807, 2.05) is 19.1 Å². The number of rotatable bonds is 4. The molecular formula is C13H16BrNO3. The number of aryl methyl sites for hydroxylation is 1. The third-order valence-corrected chi connectivity index (χ3v) is 3.43. The van der Waals surface area contributed by atoms with E-state index in [4.69, 9.17) is 0 Å². The number of nitrogens with zero attached hydrogens (tertiary/aromatic N) is 1. The Morgan fingerprint density at radius 3 is 2.44 bits per heavy atom. The molecule has 0 bridgehead atoms. The maximum atomic E-state index is 11.5. The van der Waals surface area contributed by atoms with Gasteiger partial charge in [-0.25, -0.2) is 4.79 Å². The third kappa shape index (κ3) is 3.10. The van der Waals surface area contributed by atoms with E-state index < -0.39 is 12.0 Å². The molecule has 0 fully saturated rings. The lowest BCUT2D eigenvalue weighted by Gasteiger charge is -2.27. The van der Waals surface area contributed by atoms with E-state index >= 15 is 0 Å². The Bertz CT molecular complexity index is 473. The molecule has 18 heavy (non-hydrogen) atoms. The summed E-state index contributed by atoms with van der Waals surface area (Å²) in [5, 5.41) is 9.36. The summed E-state index contributed by atoms with van der Waals surface area (Å²) in [6.07, 6.45) is 0. The Morgan fingerprint density at radius 1 is 1.44 bits per heavy atom. The highest BCUT2D eigenvalue weighted by Gasteiger charge is 2.29. The first-order valence-electron chi connectivity index (χ1n) is 5.64. The molecule has 4 nitrogen and oxygen atoms in total. The minimum absolute atomic E-state index is 0.252. The van der Waals surface area contributed by atoms with Crippen LogP contribution in [-0.4, -0.2) is 28.4 Å². The maximum absolute atomic E-state index is 11.5. The normalized spacial score (nSPS) is 12.0. The highest BCUT2D eigenvalue weighted by Crippen LogP contribution is 2.29. The smallest absolute Gasteiger partial charge is 0.331 e. The monoisotopic (exact) mass is 313 g/mol. The first kappa shape index (κ1) is 14.7. The standard InChI is InChI=1S/C13H16BrNO3/c1-4-15(9(3)16)12(13(17)18)10-6-5-8(2)7-11(10)14/h5-7,12H,4H2,1-3H3,(H,17,18). The van der Waals surface area contributed by atoms with Crippen LogP contribution in [0.3, 0.4) is 0 Å². The number of carboxylic acid groups (broad SMARTS) is 1. The first-order valence-corrected chi connectivity index (χ1v) is 6.43. The zero-order chi connectivity index (χ0) is 13.9. The number of benzene rings is 1. The number of carbonyl (C=O) groups excluding carboxylic acids is 1. The van der Waals surface area contributed by atoms with Crippen LogP contribution in [0.1, 0.15) is 31.0 Å². The molecule has 5 heteroatoms. The molecule has 0 saturated carbocycles. The molecule has 0 aliphatic heterocycles. The number of hydrogen-bond acceptors (Lipinski definition) is 2. The summed E-state index contributed by atoms with van der Waals surface area (Å²) in [5.41, 5.74) is 1.62. The van der Waals surface area contributed by atoms with Gasteiger partial charge in [0, 0.05) is 23.5 Å². The lowest BCUT2D eigenvalue weighted by Crippen LogP contribution is -2.37. The Morgan fingerprint density at radius 2 is 2.06 bits per heavy atom. The molecule has 1 unspecified atom stereocenters. The molecule has 1 rings (SSSR count). The van der Waals surface area contributed by atoms with Gasteiger partial charge < -0.3 is 10.0 Å². The van der Waals surface area contributed by atoms with Gasteiger partial charge in [-0.2, -0.15) is 0 Å². The van der Waals surface area contributed by atoms with E-state index in [-0.39, 0.29) is 5.91 Å². The van der Waals surface area contributed by atoms with Crippen molar-refractivity contribution in [2.45, 2.75) is 26.8 Å². The van der Waals surface area contributed by atoms with Crippen molar-refractivity contribution >= 4 is 27.8 Å². The van der Waals surface area contributed by atoms with Crippen LogP contribution in [0.5, 0.6) is 0 Å². The van der Waals surface area contributed by atoms with E-state index in [9.17, 15) is 14.7 Å². The molecule has 1 aromatic carbocycles. The lowest BCUT2D eigenvalue weighted by molar-refractivity contribution is -0.149. The minimum Gasteiger partial charge on any atom is -0.479 e. The Kier molecular flexibility index (Phi) is 4.90. The van der Waals surface area contributed by atoms with Gasteiger partial charge in [0.2, 0.25) is 5.91 Å². The Balaban J connectivity index is 3.27. The molecule has 0 saturated heterocycles. The summed E-state index contributed by atoms with van der Waals surface area (Å²) in [5.74, 6) is -1.28. The van der Waals surface area contributed by atoms with Crippen molar-refractivity contribution in [1.29, 1.82) is 0 Å². The fourth-order valence-electron chi connectivity index (χ4n) is 1.88. The van der Waals surface area contributed by atoms with E-state index in [0.29, 0.717) is 16.6 Å². The first-order chi connectivity index (χ1) is 8.38. The lowest BCUT2D eigenvalue weighted by atomic mass is 10.0. The molecule has 1 aromatic rings. The molecular weight excluding hydrogens is 298 g/mol. The van der Waals surface area contributed by atoms with Gasteiger partial charge in [0.25, 0.3) is 0 Å². The largest absolute Gasteiger partial charge is 0.479 e. The molecule has 0 aromatic heterocycles. The third-order valence-electron chi connectivity index (χ3n) is 2.74. The quantitative estimate of drug-likeness (QED) is 0.930. The number of carboxylic acids is 1. The Labute approximate surface area is 115 Å². The molecule has 0 aliphatic rings. The van der Waals surface area contributed by atoms with Gasteiger partial charge in [0.1, 0.15) is 0 Å². The summed E-state index contributed by atoms with van der Waals surface area (Å²) in [6.45, 7) is 5.42. The van der Waals surface area contributed by atoms with Crippen molar-refractivity contribution in [2.24, 2.45) is 0 Å². The van der Waals surface area contributed by atoms with Gasteiger partial charge in [0.05, 0.1) is 0 Å². The van der Waals surface area contributed by atoms with Gasteiger partial charge in [0.15, 0.2) is 6.04 Å². The zero-order valence-corrected chi connectivity index (χ0v) is 12.2. The van der Waals surface area contributed by atoms with Crippen LogP contribution >= 0.6 is 15.9 Å². The highest BCUT2D eigenvalue weighted by molar-refractivity contribution is 9.10. The molecule has 98 valence electrons. The van der Waals surface area contributed by atoms with Gasteiger partial charge in [-0.3, -0.25) is 4.79 Å². The van der Waals surface area contributed by atoms with Crippen molar-refractivity contribution in [2.75, 3.05) is 6.54 Å². The van der Waals surface area contributed by atoms with Crippen LogP contribution in [0, 0.1) is 6.92 Å². The van der Waals surface area contributed by atoms with E-state index in [2.05, 4.69) is 15.9 Å². The number of likely N-dealkylation sites (N-methyl/N-ethyl adjacent to an activating group) is 1. The molecule has 0 spiro atoms. The molecule has 1 amide bonds. The fraction of sp³-hybridized carbons (Fsp3) is 0.385. The summed E-state index contributed by atoms with van der Waals surface area (Å²) in [4.78, 5) is 24.3. The van der Waals surface area contributed by atoms with Gasteiger partial charge in [-0.05, 0) is 25.5 Å². The van der Waals surface area contributed by atoms with Crippen molar-refractivity contribution in [3.8, 4) is 0 Å². The number of aliphatic carboxylic acids is 1. The van der Waals surface area contributed by atoms with Crippen molar-refractivity contribution in [3.63, 3.8) is 0 Å². The summed E-state index contributed by atoms with van der Waals surface area (Å²) >= 11 is 3.36. The predicted molar refractivity (Wildman–Crippen MR) is 72.3 cm³/mol. The Hall–Kier alpha value is -1.36. The van der Waals surface area contributed by atoms with Crippen LogP contribution in [0.25, 0.3) is 0 Å². The van der Waals surface area contributed by atoms with Gasteiger partial charge >= 0.3 is 5.97 Å². The van der Waals surface area contributed by atoms with Crippen LogP contribution < -0.4 is 0 Å². The van der Waals surface area contributed by atoms with Crippen molar-refractivity contribution in [3.05, 3.63) is 33.8 Å². The molecule has 0 radical (unpaired) electrons. The summed E-state index contributed by atoms with van der Waals surface area (Å²) in [6, 6.07) is 4.47. The number of amides is 1. The predicted octanol–water partition coefficient (Wildman–Crippen LogP) is 2.75. The fourth-order valence-corrected chi connectivity index (χ4v) is 2.59. The average Bonchev–Trinajstić information content (AvgIpc) is 2.26. The highest BCUT2D eigenvalue weighted by atomic mass is 79.9. The number of carbonyl (C=O) groups is 2. The minimum atomic E-state index is -1.03. The van der Waals surface area contributed by atoms with E-state index in [1.54, 1.807) is 13.0 Å². The summed E-state index contributed by atoms with van der Waals surface area (Å²) in [7, 11) is 0. The van der Waals surface area contributed by atoms with Crippen LogP contribution in [0.2, 0.25) is 0 Å². The SMILES string of the molecule is CCN(C(C)=O)C(C(=O)O)c1ccc(C)cc1Br. The molecule has 1 N–H and O–H groups in total. The molecule has 1 atom stereocenters. The topological polar surface area (TPSA) is 57.6 Å². The van der Waals surface area contributed by atoms with E-state index in [1.165, 1.54) is 11.8 Å².